The van der Waals surface area contributed by atoms with Crippen LogP contribution in [0.15, 0.2) is 30.5 Å². The summed E-state index contributed by atoms with van der Waals surface area (Å²) < 4.78 is 1.90. The smallest absolute Gasteiger partial charge is 0.328 e. The molecular formula is C16H21N3O2. The summed E-state index contributed by atoms with van der Waals surface area (Å²) in [5.41, 5.74) is 1.51. The molecule has 0 unspecified atom stereocenters. The standard InChI is InChI=1S/C16H21N3O2/c1-5-16(2,3)18(4)15-12(9-10-14(20)21)19-11-7-6-8-13(19)17-15/h6-11H,5H2,1-4H3,(H,20,21). The molecule has 0 bridgehead atoms. The van der Waals surface area contributed by atoms with Crippen molar-refractivity contribution in [2.24, 2.45) is 0 Å². The number of aromatic nitrogens is 2. The SMILES string of the molecule is CCC(C)(C)N(C)c1nc2ccccn2c1C=CC(=O)O. The number of imidazole rings is 1. The average molecular weight is 287 g/mol. The lowest BCUT2D eigenvalue weighted by atomic mass is 10.00. The first kappa shape index (κ1) is 15.1. The van der Waals surface area contributed by atoms with Gasteiger partial charge in [-0.2, -0.15) is 0 Å². The number of carboxylic acid groups (broad SMARTS) is 1. The zero-order valence-corrected chi connectivity index (χ0v) is 12.9. The molecule has 0 saturated carbocycles. The van der Waals surface area contributed by atoms with E-state index < -0.39 is 5.97 Å². The summed E-state index contributed by atoms with van der Waals surface area (Å²) in [5, 5.41) is 8.89. The molecule has 2 aromatic rings. The van der Waals surface area contributed by atoms with E-state index in [1.807, 2.05) is 35.8 Å². The molecule has 2 heterocycles. The average Bonchev–Trinajstić information content (AvgIpc) is 2.82. The van der Waals surface area contributed by atoms with Crippen LogP contribution in [0.1, 0.15) is 32.9 Å². The van der Waals surface area contributed by atoms with Crippen LogP contribution in [0.25, 0.3) is 11.7 Å². The maximum atomic E-state index is 10.8. The van der Waals surface area contributed by atoms with Crippen LogP contribution < -0.4 is 4.90 Å². The van der Waals surface area contributed by atoms with Crippen LogP contribution in [0.2, 0.25) is 0 Å². The van der Waals surface area contributed by atoms with Gasteiger partial charge in [0.2, 0.25) is 0 Å². The summed E-state index contributed by atoms with van der Waals surface area (Å²) in [6, 6.07) is 5.73. The molecule has 0 atom stereocenters. The summed E-state index contributed by atoms with van der Waals surface area (Å²) >= 11 is 0. The number of carboxylic acids is 1. The van der Waals surface area contributed by atoms with Crippen molar-refractivity contribution in [2.75, 3.05) is 11.9 Å². The van der Waals surface area contributed by atoms with Crippen LogP contribution in [0.5, 0.6) is 0 Å². The Morgan fingerprint density at radius 1 is 1.48 bits per heavy atom. The van der Waals surface area contributed by atoms with Crippen molar-refractivity contribution in [3.63, 3.8) is 0 Å². The second kappa shape index (κ2) is 5.60. The van der Waals surface area contributed by atoms with E-state index in [1.165, 1.54) is 0 Å². The third-order valence-electron chi connectivity index (χ3n) is 4.02. The molecule has 2 rings (SSSR count). The van der Waals surface area contributed by atoms with E-state index in [0.717, 1.165) is 29.7 Å². The van der Waals surface area contributed by atoms with Crippen molar-refractivity contribution in [3.05, 3.63) is 36.2 Å². The maximum Gasteiger partial charge on any atom is 0.328 e. The van der Waals surface area contributed by atoms with Crippen LogP contribution in [0, 0.1) is 0 Å². The summed E-state index contributed by atoms with van der Waals surface area (Å²) in [6.45, 7) is 6.41. The van der Waals surface area contributed by atoms with Gasteiger partial charge in [0.05, 0.1) is 5.69 Å². The lowest BCUT2D eigenvalue weighted by Crippen LogP contribution is -2.41. The Hall–Kier alpha value is -2.30. The van der Waals surface area contributed by atoms with E-state index >= 15 is 0 Å². The highest BCUT2D eigenvalue weighted by Gasteiger charge is 2.25. The number of aliphatic carboxylic acids is 1. The highest BCUT2D eigenvalue weighted by atomic mass is 16.4. The molecule has 0 amide bonds. The minimum absolute atomic E-state index is 0.0657. The Balaban J connectivity index is 2.62. The third-order valence-corrected chi connectivity index (χ3v) is 4.02. The predicted molar refractivity (Wildman–Crippen MR) is 84.6 cm³/mol. The van der Waals surface area contributed by atoms with Gasteiger partial charge in [-0.05, 0) is 38.5 Å². The number of anilines is 1. The van der Waals surface area contributed by atoms with Crippen LogP contribution in [0.3, 0.4) is 0 Å². The number of rotatable bonds is 5. The topological polar surface area (TPSA) is 57.8 Å². The van der Waals surface area contributed by atoms with Gasteiger partial charge in [0.25, 0.3) is 0 Å². The normalized spacial score (nSPS) is 12.2. The van der Waals surface area contributed by atoms with Gasteiger partial charge >= 0.3 is 5.97 Å². The van der Waals surface area contributed by atoms with E-state index in [-0.39, 0.29) is 5.54 Å². The Bertz CT molecular complexity index is 686. The molecule has 0 fully saturated rings. The second-order valence-corrected chi connectivity index (χ2v) is 5.65. The van der Waals surface area contributed by atoms with Crippen LogP contribution in [-0.2, 0) is 4.79 Å². The van der Waals surface area contributed by atoms with E-state index in [2.05, 4.69) is 30.7 Å². The van der Waals surface area contributed by atoms with Crippen molar-refractivity contribution < 1.29 is 9.90 Å². The summed E-state index contributed by atoms with van der Waals surface area (Å²) in [7, 11) is 1.99. The molecule has 0 aliphatic carbocycles. The van der Waals surface area contributed by atoms with Crippen LogP contribution in [0.4, 0.5) is 5.82 Å². The van der Waals surface area contributed by atoms with Crippen molar-refractivity contribution in [1.82, 2.24) is 9.38 Å². The molecule has 0 spiro atoms. The van der Waals surface area contributed by atoms with Gasteiger partial charge in [0.1, 0.15) is 5.65 Å². The fourth-order valence-corrected chi connectivity index (χ4v) is 2.08. The molecular weight excluding hydrogens is 266 g/mol. The Morgan fingerprint density at radius 3 is 2.81 bits per heavy atom. The van der Waals surface area contributed by atoms with Gasteiger partial charge < -0.3 is 10.0 Å². The van der Waals surface area contributed by atoms with Crippen molar-refractivity contribution in [3.8, 4) is 0 Å². The Morgan fingerprint density at radius 2 is 2.19 bits per heavy atom. The molecule has 1 N–H and O–H groups in total. The number of fused-ring (bicyclic) bond motifs is 1. The molecule has 5 nitrogen and oxygen atoms in total. The minimum atomic E-state index is -0.968. The second-order valence-electron chi connectivity index (χ2n) is 5.65. The van der Waals surface area contributed by atoms with Gasteiger partial charge in [0.15, 0.2) is 5.82 Å². The van der Waals surface area contributed by atoms with Gasteiger partial charge in [-0.15, -0.1) is 0 Å². The lowest BCUT2D eigenvalue weighted by molar-refractivity contribution is -0.131. The van der Waals surface area contributed by atoms with Gasteiger partial charge in [-0.25, -0.2) is 9.78 Å². The number of pyridine rings is 1. The van der Waals surface area contributed by atoms with Gasteiger partial charge in [-0.3, -0.25) is 4.40 Å². The van der Waals surface area contributed by atoms with Crippen molar-refractivity contribution in [2.45, 2.75) is 32.7 Å². The predicted octanol–water partition coefficient (Wildman–Crippen LogP) is 3.06. The molecule has 5 heteroatoms. The lowest BCUT2D eigenvalue weighted by Gasteiger charge is -2.35. The molecule has 0 aliphatic rings. The zero-order chi connectivity index (χ0) is 15.6. The quantitative estimate of drug-likeness (QED) is 0.859. The fourth-order valence-electron chi connectivity index (χ4n) is 2.08. The van der Waals surface area contributed by atoms with Gasteiger partial charge in [-0.1, -0.05) is 13.0 Å². The maximum absolute atomic E-state index is 10.8. The van der Waals surface area contributed by atoms with Crippen molar-refractivity contribution >= 4 is 23.5 Å². The first-order valence-corrected chi connectivity index (χ1v) is 6.98. The Kier molecular flexibility index (Phi) is 4.02. The number of hydrogen-bond acceptors (Lipinski definition) is 3. The zero-order valence-electron chi connectivity index (χ0n) is 12.9. The monoisotopic (exact) mass is 287 g/mol. The highest BCUT2D eigenvalue weighted by Crippen LogP contribution is 2.29. The van der Waals surface area contributed by atoms with E-state index in [9.17, 15) is 4.79 Å². The van der Waals surface area contributed by atoms with E-state index in [1.54, 1.807) is 6.08 Å². The number of nitrogens with zero attached hydrogens (tertiary/aromatic N) is 3. The van der Waals surface area contributed by atoms with Gasteiger partial charge in [0, 0.05) is 24.9 Å². The first-order chi connectivity index (χ1) is 9.86. The van der Waals surface area contributed by atoms with Crippen LogP contribution in [-0.4, -0.2) is 33.0 Å². The largest absolute Gasteiger partial charge is 0.478 e. The summed E-state index contributed by atoms with van der Waals surface area (Å²) in [4.78, 5) is 17.6. The molecule has 112 valence electrons. The Labute approximate surface area is 124 Å². The molecule has 2 aromatic heterocycles. The molecule has 0 saturated heterocycles. The fraction of sp³-hybridized carbons (Fsp3) is 0.375. The summed E-state index contributed by atoms with van der Waals surface area (Å²) in [6.07, 6.45) is 5.59. The molecule has 21 heavy (non-hydrogen) atoms. The number of hydrogen-bond donors (Lipinski definition) is 1. The third kappa shape index (κ3) is 2.91. The molecule has 0 aromatic carbocycles. The molecule has 0 aliphatic heterocycles. The van der Waals surface area contributed by atoms with Crippen molar-refractivity contribution in [1.29, 1.82) is 0 Å². The van der Waals surface area contributed by atoms with Crippen LogP contribution >= 0.6 is 0 Å². The minimum Gasteiger partial charge on any atom is -0.478 e. The first-order valence-electron chi connectivity index (χ1n) is 6.98. The number of carbonyl (C=O) groups is 1. The molecule has 0 radical (unpaired) electrons. The van der Waals surface area contributed by atoms with E-state index in [0.29, 0.717) is 0 Å². The van der Waals surface area contributed by atoms with E-state index in [4.69, 9.17) is 5.11 Å². The summed E-state index contributed by atoms with van der Waals surface area (Å²) in [5.74, 6) is -0.185. The highest BCUT2D eigenvalue weighted by molar-refractivity contribution is 5.86.